The van der Waals surface area contributed by atoms with E-state index in [0.717, 1.165) is 0 Å². The maximum absolute atomic E-state index is 12.1. The number of H-pyrrole nitrogens is 1. The summed E-state index contributed by atoms with van der Waals surface area (Å²) in [5, 5.41) is 3.89. The van der Waals surface area contributed by atoms with Gasteiger partial charge in [0.05, 0.1) is 6.33 Å². The lowest BCUT2D eigenvalue weighted by atomic mass is 10.0. The molecule has 1 fully saturated rings. The molecule has 0 atom stereocenters. The second kappa shape index (κ2) is 6.96. The van der Waals surface area contributed by atoms with Gasteiger partial charge in [-0.2, -0.15) is 0 Å². The second-order valence-electron chi connectivity index (χ2n) is 6.96. The predicted octanol–water partition coefficient (Wildman–Crippen LogP) is 4.12. The van der Waals surface area contributed by atoms with Crippen LogP contribution >= 0.6 is 11.8 Å². The molecule has 2 heterocycles. The summed E-state index contributed by atoms with van der Waals surface area (Å²) in [7, 11) is 0. The molecule has 130 valence electrons. The summed E-state index contributed by atoms with van der Waals surface area (Å²) in [5.74, 6) is 0.407. The number of nitrogens with one attached hydrogen (secondary N) is 2. The number of rotatable bonds is 3. The summed E-state index contributed by atoms with van der Waals surface area (Å²) in [6, 6.07) is 0. The lowest BCUT2D eigenvalue weighted by molar-refractivity contribution is 0.0635. The number of carbonyl (C=O) groups excluding carboxylic acids is 1. The van der Waals surface area contributed by atoms with Crippen molar-refractivity contribution in [3.8, 4) is 0 Å². The summed E-state index contributed by atoms with van der Waals surface area (Å²) in [5.41, 5.74) is 0.590. The van der Waals surface area contributed by atoms with Crippen molar-refractivity contribution in [2.45, 2.75) is 68.9 Å². The zero-order valence-corrected chi connectivity index (χ0v) is 15.1. The maximum atomic E-state index is 12.1. The van der Waals surface area contributed by atoms with Crippen LogP contribution in [0.5, 0.6) is 0 Å². The number of thioether (sulfide) groups is 1. The molecule has 1 saturated carbocycles. The first kappa shape index (κ1) is 17.0. The number of carbonyl (C=O) groups is 1. The number of amides is 1. The van der Waals surface area contributed by atoms with Gasteiger partial charge >= 0.3 is 6.09 Å². The van der Waals surface area contributed by atoms with Crippen LogP contribution in [0.3, 0.4) is 0 Å². The van der Waals surface area contributed by atoms with Crippen molar-refractivity contribution in [2.75, 3.05) is 5.32 Å². The highest BCUT2D eigenvalue weighted by Gasteiger charge is 2.21. The summed E-state index contributed by atoms with van der Waals surface area (Å²) in [4.78, 5) is 28.2. The molecule has 0 aliphatic heterocycles. The number of ether oxygens (including phenoxy) is 1. The van der Waals surface area contributed by atoms with E-state index in [4.69, 9.17) is 4.74 Å². The highest BCUT2D eigenvalue weighted by Crippen LogP contribution is 2.33. The van der Waals surface area contributed by atoms with E-state index in [2.05, 4.69) is 25.3 Å². The van der Waals surface area contributed by atoms with E-state index in [9.17, 15) is 4.79 Å². The molecule has 2 N–H and O–H groups in total. The number of imidazole rings is 1. The molecule has 24 heavy (non-hydrogen) atoms. The van der Waals surface area contributed by atoms with E-state index in [-0.39, 0.29) is 0 Å². The van der Waals surface area contributed by atoms with Crippen molar-refractivity contribution in [1.82, 2.24) is 19.9 Å². The number of nitrogens with zero attached hydrogens (tertiary/aromatic N) is 3. The standard InChI is InChI=1S/C16H23N5O2S/c1-16(2,3)23-15(22)21-13-11-12(18-9-17-11)19-14(20-13)24-10-7-5-4-6-8-10/h9-10H,4-8H2,1-3H3,(H2,17,18,19,20,21,22). The average Bonchev–Trinajstić information content (AvgIpc) is 2.95. The summed E-state index contributed by atoms with van der Waals surface area (Å²) in [6.07, 6.45) is 7.20. The van der Waals surface area contributed by atoms with Crippen molar-refractivity contribution in [1.29, 1.82) is 0 Å². The fraction of sp³-hybridized carbons (Fsp3) is 0.625. The van der Waals surface area contributed by atoms with Gasteiger partial charge in [-0.25, -0.2) is 19.7 Å². The van der Waals surface area contributed by atoms with Crippen LogP contribution in [0.1, 0.15) is 52.9 Å². The van der Waals surface area contributed by atoms with E-state index in [1.807, 2.05) is 20.8 Å². The van der Waals surface area contributed by atoms with Crippen molar-refractivity contribution in [3.63, 3.8) is 0 Å². The Hall–Kier alpha value is -1.83. The Morgan fingerprint density at radius 2 is 2.04 bits per heavy atom. The predicted molar refractivity (Wildman–Crippen MR) is 94.3 cm³/mol. The Balaban J connectivity index is 1.80. The highest BCUT2D eigenvalue weighted by atomic mass is 32.2. The quantitative estimate of drug-likeness (QED) is 0.810. The van der Waals surface area contributed by atoms with Gasteiger partial charge in [-0.15, -0.1) is 0 Å². The van der Waals surface area contributed by atoms with Gasteiger partial charge in [0.25, 0.3) is 0 Å². The molecule has 0 saturated heterocycles. The maximum Gasteiger partial charge on any atom is 0.413 e. The molecule has 0 bridgehead atoms. The Kier molecular flexibility index (Phi) is 4.93. The molecule has 0 aromatic carbocycles. The van der Waals surface area contributed by atoms with E-state index in [1.54, 1.807) is 18.1 Å². The number of aromatic amines is 1. The molecule has 1 aliphatic carbocycles. The molecular formula is C16H23N5O2S. The molecule has 0 spiro atoms. The normalized spacial score (nSPS) is 16.3. The molecule has 2 aromatic rings. The average molecular weight is 349 g/mol. The van der Waals surface area contributed by atoms with Crippen LogP contribution in [-0.2, 0) is 4.74 Å². The Bertz CT molecular complexity index is 719. The third kappa shape index (κ3) is 4.37. The van der Waals surface area contributed by atoms with E-state index in [1.165, 1.54) is 32.1 Å². The van der Waals surface area contributed by atoms with Crippen LogP contribution in [0.4, 0.5) is 10.6 Å². The van der Waals surface area contributed by atoms with E-state index in [0.29, 0.717) is 27.4 Å². The SMILES string of the molecule is CC(C)(C)OC(=O)Nc1nc(SC2CCCCC2)nc2nc[nH]c12. The zero-order chi connectivity index (χ0) is 17.2. The number of fused-ring (bicyclic) bond motifs is 1. The first-order valence-electron chi connectivity index (χ1n) is 8.28. The van der Waals surface area contributed by atoms with Gasteiger partial charge in [0.15, 0.2) is 16.6 Å². The summed E-state index contributed by atoms with van der Waals surface area (Å²) < 4.78 is 5.31. The Labute approximate surface area is 145 Å². The number of anilines is 1. The van der Waals surface area contributed by atoms with Crippen LogP contribution in [0.25, 0.3) is 11.2 Å². The molecule has 1 amide bonds. The molecule has 0 unspecified atom stereocenters. The molecule has 7 nitrogen and oxygen atoms in total. The van der Waals surface area contributed by atoms with Crippen molar-refractivity contribution in [2.24, 2.45) is 0 Å². The minimum Gasteiger partial charge on any atom is -0.444 e. The fourth-order valence-electron chi connectivity index (χ4n) is 2.69. The molecule has 0 radical (unpaired) electrons. The van der Waals surface area contributed by atoms with Gasteiger partial charge in [0.1, 0.15) is 11.1 Å². The number of aromatic nitrogens is 4. The van der Waals surface area contributed by atoms with Crippen LogP contribution < -0.4 is 5.32 Å². The van der Waals surface area contributed by atoms with Gasteiger partial charge < -0.3 is 9.72 Å². The lowest BCUT2D eigenvalue weighted by Gasteiger charge is -2.21. The Morgan fingerprint density at radius 1 is 1.29 bits per heavy atom. The number of hydrogen-bond donors (Lipinski definition) is 2. The lowest BCUT2D eigenvalue weighted by Crippen LogP contribution is -2.27. The monoisotopic (exact) mass is 349 g/mol. The highest BCUT2D eigenvalue weighted by molar-refractivity contribution is 7.99. The second-order valence-corrected chi connectivity index (χ2v) is 8.23. The zero-order valence-electron chi connectivity index (χ0n) is 14.3. The third-order valence-electron chi connectivity index (χ3n) is 3.71. The van der Waals surface area contributed by atoms with Crippen molar-refractivity contribution < 1.29 is 9.53 Å². The topological polar surface area (TPSA) is 92.8 Å². The van der Waals surface area contributed by atoms with E-state index < -0.39 is 11.7 Å². The van der Waals surface area contributed by atoms with Crippen LogP contribution in [-0.4, -0.2) is 36.9 Å². The van der Waals surface area contributed by atoms with E-state index >= 15 is 0 Å². The van der Waals surface area contributed by atoms with Crippen LogP contribution in [0.2, 0.25) is 0 Å². The number of hydrogen-bond acceptors (Lipinski definition) is 6. The van der Waals surface area contributed by atoms with Crippen molar-refractivity contribution in [3.05, 3.63) is 6.33 Å². The van der Waals surface area contributed by atoms with Gasteiger partial charge in [-0.1, -0.05) is 31.0 Å². The summed E-state index contributed by atoms with van der Waals surface area (Å²) >= 11 is 1.67. The largest absolute Gasteiger partial charge is 0.444 e. The minimum absolute atomic E-state index is 0.407. The first-order chi connectivity index (χ1) is 11.4. The van der Waals surface area contributed by atoms with Gasteiger partial charge in [0.2, 0.25) is 0 Å². The van der Waals surface area contributed by atoms with Crippen molar-refractivity contribution >= 4 is 34.8 Å². The van der Waals surface area contributed by atoms with Gasteiger partial charge in [-0.3, -0.25) is 5.32 Å². The minimum atomic E-state index is -0.566. The first-order valence-corrected chi connectivity index (χ1v) is 9.16. The Morgan fingerprint density at radius 3 is 2.75 bits per heavy atom. The van der Waals surface area contributed by atoms with Gasteiger partial charge in [-0.05, 0) is 33.6 Å². The van der Waals surface area contributed by atoms with Crippen LogP contribution in [0, 0.1) is 0 Å². The molecule has 1 aliphatic rings. The molecule has 3 rings (SSSR count). The fourth-order valence-corrected chi connectivity index (χ4v) is 3.84. The summed E-state index contributed by atoms with van der Waals surface area (Å²) in [6.45, 7) is 5.47. The molecule has 2 aromatic heterocycles. The smallest absolute Gasteiger partial charge is 0.413 e. The third-order valence-corrected chi connectivity index (χ3v) is 4.91. The molecule has 8 heteroatoms. The van der Waals surface area contributed by atoms with Crippen LogP contribution in [0.15, 0.2) is 11.5 Å². The molecular weight excluding hydrogens is 326 g/mol. The van der Waals surface area contributed by atoms with Gasteiger partial charge in [0, 0.05) is 5.25 Å².